The van der Waals surface area contributed by atoms with E-state index in [-0.39, 0.29) is 58.6 Å². The van der Waals surface area contributed by atoms with Crippen LogP contribution in [0.1, 0.15) is 27.6 Å². The Balaban J connectivity index is 2.07. The molecule has 0 unspecified atom stereocenters. The maximum absolute atomic E-state index is 13.2. The molecule has 0 saturated carbocycles. The normalized spacial score (nSPS) is 15.0. The number of hydrogen-bond donors (Lipinski definition) is 6. The van der Waals surface area contributed by atoms with Gasteiger partial charge in [-0.05, 0) is 31.2 Å². The molecule has 15 heteroatoms. The van der Waals surface area contributed by atoms with Crippen LogP contribution in [0.15, 0.2) is 24.3 Å². The van der Waals surface area contributed by atoms with Gasteiger partial charge in [0.2, 0.25) is 11.8 Å². The van der Waals surface area contributed by atoms with E-state index in [0.29, 0.717) is 4.90 Å². The predicted octanol–water partition coefficient (Wildman–Crippen LogP) is 1.08. The molecule has 0 aliphatic carbocycles. The fraction of sp³-hybridized carbons (Fsp3) is 0.318. The molecule has 3 amide bonds. The Morgan fingerprint density at radius 2 is 1.27 bits per heavy atom. The van der Waals surface area contributed by atoms with Crippen molar-refractivity contribution < 1.29 is 37.0 Å². The van der Waals surface area contributed by atoms with Gasteiger partial charge >= 0.3 is 12.1 Å². The lowest BCUT2D eigenvalue weighted by Crippen LogP contribution is -2.45. The van der Waals surface area contributed by atoms with Crippen molar-refractivity contribution in [1.29, 1.82) is 0 Å². The van der Waals surface area contributed by atoms with E-state index in [9.17, 15) is 27.6 Å². The number of carbonyl (C=O) groups is 3. The lowest BCUT2D eigenvalue weighted by atomic mass is 10.1. The van der Waals surface area contributed by atoms with E-state index in [1.807, 2.05) is 0 Å². The van der Waals surface area contributed by atoms with E-state index in [4.69, 9.17) is 32.4 Å². The summed E-state index contributed by atoms with van der Waals surface area (Å²) in [7, 11) is 0. The van der Waals surface area contributed by atoms with Gasteiger partial charge in [-0.2, -0.15) is 13.2 Å². The highest BCUT2D eigenvalue weighted by Gasteiger charge is 2.42. The zero-order valence-corrected chi connectivity index (χ0v) is 19.6. The summed E-state index contributed by atoms with van der Waals surface area (Å²) in [6.07, 6.45) is -5.76. The molecule has 0 spiro atoms. The van der Waals surface area contributed by atoms with Gasteiger partial charge < -0.3 is 47.9 Å². The molecule has 1 aliphatic rings. The van der Waals surface area contributed by atoms with Crippen LogP contribution in [0, 0.1) is 0 Å². The molecular weight excluding hydrogens is 499 g/mol. The molecule has 200 valence electrons. The molecule has 0 radical (unpaired) electrons. The Morgan fingerprint density at radius 3 is 1.62 bits per heavy atom. The molecular formula is C22H26F3N7O5. The number of nitrogens with two attached hydrogens (primary N) is 4. The Bertz CT molecular complexity index is 1140. The molecule has 0 saturated heterocycles. The number of nitrogens with one attached hydrogen (secondary N) is 2. The lowest BCUT2D eigenvalue weighted by Gasteiger charge is -2.27. The highest BCUT2D eigenvalue weighted by Crippen LogP contribution is 2.36. The van der Waals surface area contributed by atoms with Gasteiger partial charge in [0.25, 0.3) is 0 Å². The highest BCUT2D eigenvalue weighted by atomic mass is 19.4. The first-order valence-corrected chi connectivity index (χ1v) is 10.9. The average Bonchev–Trinajstić information content (AvgIpc) is 2.79. The quantitative estimate of drug-likeness (QED) is 0.310. The van der Waals surface area contributed by atoms with Crippen molar-refractivity contribution in [3.05, 3.63) is 35.4 Å². The molecule has 3 rings (SSSR count). The zero-order valence-electron chi connectivity index (χ0n) is 19.6. The van der Waals surface area contributed by atoms with Crippen LogP contribution in [0.5, 0.6) is 11.5 Å². The van der Waals surface area contributed by atoms with Gasteiger partial charge in [-0.3, -0.25) is 14.4 Å². The standard InChI is InChI=1S/C22H26F3N7O5/c1-10-30-17-13(26)6-11(19(28)33)8-15(17)36-4-2-32(21(35)22(23,24)25)3-5-37-16-9-12(20(29)34)7-14(27)18(16)31-10/h6-10,30-31H,2-5,26-27H2,1H3,(H2,28,33)(H2,29,34). The van der Waals surface area contributed by atoms with Crippen LogP contribution in [0.3, 0.4) is 0 Å². The summed E-state index contributed by atoms with van der Waals surface area (Å²) >= 11 is 0. The first-order chi connectivity index (χ1) is 17.3. The summed E-state index contributed by atoms with van der Waals surface area (Å²) < 4.78 is 50.8. The monoisotopic (exact) mass is 525 g/mol. The van der Waals surface area contributed by atoms with Gasteiger partial charge in [0.15, 0.2) is 0 Å². The van der Waals surface area contributed by atoms with Crippen molar-refractivity contribution in [2.45, 2.75) is 19.3 Å². The van der Waals surface area contributed by atoms with Crippen molar-refractivity contribution >= 4 is 40.5 Å². The van der Waals surface area contributed by atoms with Crippen LogP contribution < -0.4 is 43.0 Å². The first-order valence-electron chi connectivity index (χ1n) is 10.9. The van der Waals surface area contributed by atoms with Gasteiger partial charge in [0.1, 0.15) is 36.1 Å². The second-order valence-corrected chi connectivity index (χ2v) is 8.10. The SMILES string of the molecule is CC1Nc2c(N)cc(C(N)=O)cc2OCCN(C(=O)C(F)(F)F)CCOc2cc(C(N)=O)cc(N)c2N1. The smallest absolute Gasteiger partial charge is 0.471 e. The molecule has 0 aromatic heterocycles. The van der Waals surface area contributed by atoms with E-state index in [2.05, 4.69) is 10.6 Å². The van der Waals surface area contributed by atoms with Crippen LogP contribution in [0.25, 0.3) is 0 Å². The second kappa shape index (κ2) is 10.6. The van der Waals surface area contributed by atoms with Gasteiger partial charge in [0.05, 0.1) is 30.6 Å². The van der Waals surface area contributed by atoms with E-state index in [1.165, 1.54) is 24.3 Å². The minimum absolute atomic E-state index is 0.00461. The van der Waals surface area contributed by atoms with Gasteiger partial charge in [-0.1, -0.05) is 0 Å². The third kappa shape index (κ3) is 6.36. The lowest BCUT2D eigenvalue weighted by molar-refractivity contribution is -0.186. The number of primary amides is 2. The summed E-state index contributed by atoms with van der Waals surface area (Å²) in [6, 6.07) is 5.16. The maximum Gasteiger partial charge on any atom is 0.471 e. The molecule has 1 heterocycles. The predicted molar refractivity (Wildman–Crippen MR) is 129 cm³/mol. The van der Waals surface area contributed by atoms with Crippen molar-refractivity contribution in [2.75, 3.05) is 48.4 Å². The van der Waals surface area contributed by atoms with Gasteiger partial charge in [-0.25, -0.2) is 0 Å². The van der Waals surface area contributed by atoms with Crippen LogP contribution in [0.4, 0.5) is 35.9 Å². The third-order valence-corrected chi connectivity index (χ3v) is 5.32. The van der Waals surface area contributed by atoms with Crippen molar-refractivity contribution in [3.63, 3.8) is 0 Å². The average molecular weight is 525 g/mol. The van der Waals surface area contributed by atoms with Crippen LogP contribution in [-0.2, 0) is 4.79 Å². The molecule has 1 aliphatic heterocycles. The van der Waals surface area contributed by atoms with Crippen molar-refractivity contribution in [3.8, 4) is 11.5 Å². The third-order valence-electron chi connectivity index (χ3n) is 5.32. The maximum atomic E-state index is 13.2. The van der Waals surface area contributed by atoms with Crippen molar-refractivity contribution in [2.24, 2.45) is 11.5 Å². The topological polar surface area (TPSA) is 201 Å². The zero-order chi connectivity index (χ0) is 27.5. The van der Waals surface area contributed by atoms with Crippen LogP contribution in [0.2, 0.25) is 0 Å². The number of amides is 3. The number of alkyl halides is 3. The molecule has 2 aromatic carbocycles. The fourth-order valence-corrected chi connectivity index (χ4v) is 3.59. The highest BCUT2D eigenvalue weighted by molar-refractivity contribution is 5.97. The number of carbonyl (C=O) groups excluding carboxylic acids is 3. The first kappa shape index (κ1) is 27.0. The Labute approximate surface area is 209 Å². The molecule has 0 fully saturated rings. The van der Waals surface area contributed by atoms with E-state index < -0.39 is 43.2 Å². The van der Waals surface area contributed by atoms with Crippen LogP contribution in [-0.4, -0.2) is 61.3 Å². The summed E-state index contributed by atoms with van der Waals surface area (Å²) in [5.41, 5.74) is 23.4. The molecule has 0 bridgehead atoms. The number of nitrogen functional groups attached to an aromatic ring is 2. The number of hydrogen-bond acceptors (Lipinski definition) is 9. The largest absolute Gasteiger partial charge is 0.489 e. The minimum Gasteiger partial charge on any atom is -0.489 e. The fourth-order valence-electron chi connectivity index (χ4n) is 3.59. The van der Waals surface area contributed by atoms with Gasteiger partial charge in [-0.15, -0.1) is 0 Å². The van der Waals surface area contributed by atoms with Crippen LogP contribution >= 0.6 is 0 Å². The second-order valence-electron chi connectivity index (χ2n) is 8.10. The Morgan fingerprint density at radius 1 is 0.865 bits per heavy atom. The van der Waals surface area contributed by atoms with E-state index >= 15 is 0 Å². The minimum atomic E-state index is -5.15. The summed E-state index contributed by atoms with van der Waals surface area (Å²) in [5.74, 6) is -3.67. The number of nitrogens with zero attached hydrogens (tertiary/aromatic N) is 1. The number of fused-ring (bicyclic) bond motifs is 2. The molecule has 37 heavy (non-hydrogen) atoms. The Hall–Kier alpha value is -4.56. The molecule has 12 nitrogen and oxygen atoms in total. The number of anilines is 4. The number of benzene rings is 2. The Kier molecular flexibility index (Phi) is 7.74. The number of halogens is 3. The summed E-state index contributed by atoms with van der Waals surface area (Å²) in [4.78, 5) is 35.9. The van der Waals surface area contributed by atoms with E-state index in [1.54, 1.807) is 6.92 Å². The molecule has 2 aromatic rings. The number of rotatable bonds is 2. The summed E-state index contributed by atoms with van der Waals surface area (Å²) in [6.45, 7) is -0.0331. The molecule has 0 atom stereocenters. The summed E-state index contributed by atoms with van der Waals surface area (Å²) in [5, 5.41) is 6.07. The molecule has 10 N–H and O–H groups in total. The van der Waals surface area contributed by atoms with Gasteiger partial charge in [0, 0.05) is 11.1 Å². The van der Waals surface area contributed by atoms with E-state index in [0.717, 1.165) is 0 Å². The van der Waals surface area contributed by atoms with Crippen molar-refractivity contribution in [1.82, 2.24) is 4.90 Å². The number of ether oxygens (including phenoxy) is 2.